The van der Waals surface area contributed by atoms with Gasteiger partial charge in [0.05, 0.1) is 30.5 Å². The molecule has 3 aromatic heterocycles. The maximum Gasteiger partial charge on any atom is 0.263 e. The number of anilines is 2. The summed E-state index contributed by atoms with van der Waals surface area (Å²) < 4.78 is 11.3. The van der Waals surface area contributed by atoms with Crippen molar-refractivity contribution >= 4 is 39.0 Å². The maximum atomic E-state index is 13.0. The summed E-state index contributed by atoms with van der Waals surface area (Å²) in [5.74, 6) is 0.795. The number of fused-ring (bicyclic) bond motifs is 2. The van der Waals surface area contributed by atoms with Crippen LogP contribution < -0.4 is 21.7 Å². The van der Waals surface area contributed by atoms with Gasteiger partial charge in [0, 0.05) is 43.0 Å². The summed E-state index contributed by atoms with van der Waals surface area (Å²) in [6.07, 6.45) is 2.33. The Kier molecular flexibility index (Phi) is 7.11. The number of amides is 1. The number of hydrogen-bond donors (Lipinski definition) is 3. The van der Waals surface area contributed by atoms with Crippen LogP contribution in [0.25, 0.3) is 10.2 Å². The Balaban J connectivity index is 1.23. The fourth-order valence-electron chi connectivity index (χ4n) is 5.11. The van der Waals surface area contributed by atoms with Gasteiger partial charge in [-0.3, -0.25) is 4.79 Å². The van der Waals surface area contributed by atoms with Crippen LogP contribution >= 0.6 is 11.3 Å². The smallest absolute Gasteiger partial charge is 0.263 e. The van der Waals surface area contributed by atoms with E-state index in [4.69, 9.17) is 25.9 Å². The van der Waals surface area contributed by atoms with Gasteiger partial charge in [-0.1, -0.05) is 6.07 Å². The van der Waals surface area contributed by atoms with E-state index in [1.54, 1.807) is 7.11 Å². The van der Waals surface area contributed by atoms with Crippen LogP contribution in [0.3, 0.4) is 0 Å². The molecule has 0 radical (unpaired) electrons. The minimum absolute atomic E-state index is 0.00192. The monoisotopic (exact) mass is 510 g/mol. The average molecular weight is 511 g/mol. The molecule has 0 bridgehead atoms. The lowest BCUT2D eigenvalue weighted by molar-refractivity contribution is -0.0348. The summed E-state index contributed by atoms with van der Waals surface area (Å²) in [5.41, 5.74) is 16.3. The van der Waals surface area contributed by atoms with Gasteiger partial charge in [-0.05, 0) is 56.9 Å². The van der Waals surface area contributed by atoms with Crippen molar-refractivity contribution in [2.75, 3.05) is 37.4 Å². The van der Waals surface area contributed by atoms with Crippen molar-refractivity contribution in [1.29, 1.82) is 0 Å². The Hall–Kier alpha value is -2.79. The molecular weight excluding hydrogens is 476 g/mol. The maximum absolute atomic E-state index is 13.0. The van der Waals surface area contributed by atoms with E-state index < -0.39 is 0 Å². The molecule has 3 aromatic rings. The SMILES string of the molecule is COC[C@H](C)O[C@H]1CN(c2ccc3c(n2)CC[C@H](NC(=O)c2sc4nc(C)ccc4c2N)C3)C[C@@H]1N. The van der Waals surface area contributed by atoms with E-state index in [2.05, 4.69) is 27.3 Å². The zero-order valence-corrected chi connectivity index (χ0v) is 21.8. The number of thiophene rings is 1. The summed E-state index contributed by atoms with van der Waals surface area (Å²) in [4.78, 5) is 26.0. The Morgan fingerprint density at radius 2 is 2.11 bits per heavy atom. The third-order valence-corrected chi connectivity index (χ3v) is 8.08. The Bertz CT molecular complexity index is 1260. The molecule has 2 aliphatic rings. The first kappa shape index (κ1) is 24.9. The van der Waals surface area contributed by atoms with E-state index in [1.807, 2.05) is 26.0 Å². The molecule has 10 heteroatoms. The van der Waals surface area contributed by atoms with Crippen molar-refractivity contribution in [3.05, 3.63) is 46.1 Å². The van der Waals surface area contributed by atoms with E-state index in [1.165, 1.54) is 16.9 Å². The number of carbonyl (C=O) groups excluding carboxylic acids is 1. The molecule has 1 aliphatic carbocycles. The van der Waals surface area contributed by atoms with Gasteiger partial charge in [0.1, 0.15) is 15.5 Å². The van der Waals surface area contributed by atoms with E-state index in [0.717, 1.165) is 46.7 Å². The second-order valence-electron chi connectivity index (χ2n) is 9.85. The van der Waals surface area contributed by atoms with Crippen LogP contribution in [0.5, 0.6) is 0 Å². The van der Waals surface area contributed by atoms with E-state index in [-0.39, 0.29) is 30.2 Å². The first-order valence-electron chi connectivity index (χ1n) is 12.4. The molecule has 5 N–H and O–H groups in total. The van der Waals surface area contributed by atoms with Crippen molar-refractivity contribution < 1.29 is 14.3 Å². The summed E-state index contributed by atoms with van der Waals surface area (Å²) in [6, 6.07) is 8.00. The zero-order chi connectivity index (χ0) is 25.4. The van der Waals surface area contributed by atoms with Crippen LogP contribution in [0.2, 0.25) is 0 Å². The van der Waals surface area contributed by atoms with Crippen LogP contribution in [0.15, 0.2) is 24.3 Å². The number of nitrogens with two attached hydrogens (primary N) is 2. The van der Waals surface area contributed by atoms with Crippen LogP contribution in [0, 0.1) is 6.92 Å². The number of carbonyl (C=O) groups is 1. The number of methoxy groups -OCH3 is 1. The van der Waals surface area contributed by atoms with Crippen LogP contribution in [-0.4, -0.2) is 67.0 Å². The lowest BCUT2D eigenvalue weighted by Gasteiger charge is -2.26. The predicted molar refractivity (Wildman–Crippen MR) is 143 cm³/mol. The van der Waals surface area contributed by atoms with Gasteiger partial charge in [-0.25, -0.2) is 9.97 Å². The molecular formula is C26H34N6O3S. The Morgan fingerprint density at radius 3 is 2.92 bits per heavy atom. The number of hydrogen-bond acceptors (Lipinski definition) is 9. The zero-order valence-electron chi connectivity index (χ0n) is 21.0. The van der Waals surface area contributed by atoms with Gasteiger partial charge >= 0.3 is 0 Å². The minimum atomic E-state index is -0.133. The topological polar surface area (TPSA) is 129 Å². The molecule has 1 amide bonds. The fraction of sp³-hybridized carbons (Fsp3) is 0.500. The molecule has 1 fully saturated rings. The standard InChI is InChI=1S/C26H34N6O3S/c1-14-4-7-18-23(28)24(36-26(18)29-14)25(33)30-17-6-8-20-16(10-17)5-9-22(31-20)32-11-19(27)21(12-32)35-15(2)13-34-3/h4-5,7,9,15,17,19,21H,6,8,10-13,27-28H2,1-3H3,(H,30,33)/t15-,17-,19-,21-/m0/s1. The van der Waals surface area contributed by atoms with Crippen molar-refractivity contribution in [1.82, 2.24) is 15.3 Å². The number of rotatable bonds is 7. The van der Waals surface area contributed by atoms with Crippen molar-refractivity contribution in [3.63, 3.8) is 0 Å². The molecule has 4 atom stereocenters. The van der Waals surface area contributed by atoms with Crippen LogP contribution in [-0.2, 0) is 22.3 Å². The predicted octanol–water partition coefficient (Wildman–Crippen LogP) is 2.44. The Morgan fingerprint density at radius 1 is 1.28 bits per heavy atom. The summed E-state index contributed by atoms with van der Waals surface area (Å²) >= 11 is 1.35. The number of ether oxygens (including phenoxy) is 2. The lowest BCUT2D eigenvalue weighted by atomic mass is 9.91. The van der Waals surface area contributed by atoms with Crippen LogP contribution in [0.1, 0.15) is 40.0 Å². The second kappa shape index (κ2) is 10.3. The molecule has 192 valence electrons. The molecule has 0 unspecified atom stereocenters. The van der Waals surface area contributed by atoms with Gasteiger partial charge in [0.15, 0.2) is 0 Å². The third-order valence-electron chi connectivity index (χ3n) is 6.97. The second-order valence-corrected chi connectivity index (χ2v) is 10.8. The largest absolute Gasteiger partial charge is 0.397 e. The number of pyridine rings is 2. The van der Waals surface area contributed by atoms with E-state index in [0.29, 0.717) is 30.3 Å². The molecule has 0 aromatic carbocycles. The van der Waals surface area contributed by atoms with Gasteiger partial charge < -0.3 is 31.2 Å². The summed E-state index contributed by atoms with van der Waals surface area (Å²) in [7, 11) is 1.67. The minimum Gasteiger partial charge on any atom is -0.397 e. The number of nitrogen functional groups attached to an aromatic ring is 1. The molecule has 1 aliphatic heterocycles. The molecule has 36 heavy (non-hydrogen) atoms. The van der Waals surface area contributed by atoms with Gasteiger partial charge in [-0.15, -0.1) is 11.3 Å². The molecule has 0 spiro atoms. The Labute approximate surface area is 215 Å². The van der Waals surface area contributed by atoms with E-state index in [9.17, 15) is 4.79 Å². The van der Waals surface area contributed by atoms with Gasteiger partial charge in [0.25, 0.3) is 5.91 Å². The number of nitrogens with one attached hydrogen (secondary N) is 1. The van der Waals surface area contributed by atoms with E-state index >= 15 is 0 Å². The first-order valence-corrected chi connectivity index (χ1v) is 13.2. The molecule has 9 nitrogen and oxygen atoms in total. The number of aromatic nitrogens is 2. The highest BCUT2D eigenvalue weighted by Gasteiger charge is 2.33. The fourth-order valence-corrected chi connectivity index (χ4v) is 6.15. The van der Waals surface area contributed by atoms with Gasteiger partial charge in [0.2, 0.25) is 0 Å². The molecule has 5 rings (SSSR count). The summed E-state index contributed by atoms with van der Waals surface area (Å²) in [5, 5.41) is 4.02. The number of nitrogens with zero attached hydrogens (tertiary/aromatic N) is 3. The summed E-state index contributed by atoms with van der Waals surface area (Å²) in [6.45, 7) is 5.90. The quantitative estimate of drug-likeness (QED) is 0.442. The lowest BCUT2D eigenvalue weighted by Crippen LogP contribution is -2.39. The van der Waals surface area contributed by atoms with Crippen molar-refractivity contribution in [3.8, 4) is 0 Å². The highest BCUT2D eigenvalue weighted by Crippen LogP contribution is 2.33. The first-order chi connectivity index (χ1) is 17.3. The highest BCUT2D eigenvalue weighted by atomic mass is 32.1. The molecule has 0 saturated carbocycles. The number of aryl methyl sites for hydroxylation is 2. The molecule has 4 heterocycles. The van der Waals surface area contributed by atoms with Crippen molar-refractivity contribution in [2.24, 2.45) is 5.73 Å². The van der Waals surface area contributed by atoms with Gasteiger partial charge in [-0.2, -0.15) is 0 Å². The van der Waals surface area contributed by atoms with Crippen LogP contribution in [0.4, 0.5) is 11.5 Å². The molecule has 1 saturated heterocycles. The average Bonchev–Trinajstić information content (AvgIpc) is 3.38. The highest BCUT2D eigenvalue weighted by molar-refractivity contribution is 7.21. The third kappa shape index (κ3) is 5.04. The normalized spacial score (nSPS) is 22.6. The van der Waals surface area contributed by atoms with Crippen molar-refractivity contribution in [2.45, 2.75) is 57.4 Å².